The number of aryl methyl sites for hydroxylation is 2. The minimum absolute atomic E-state index is 0.471. The highest BCUT2D eigenvalue weighted by molar-refractivity contribution is 5.25. The predicted octanol–water partition coefficient (Wildman–Crippen LogP) is 10.1. The van der Waals surface area contributed by atoms with Crippen molar-refractivity contribution in [2.24, 2.45) is 11.8 Å². The third-order valence-corrected chi connectivity index (χ3v) is 7.15. The quantitative estimate of drug-likeness (QED) is 0.230. The van der Waals surface area contributed by atoms with Crippen LogP contribution in [0, 0.1) is 25.7 Å². The monoisotopic (exact) mass is 546 g/mol. The van der Waals surface area contributed by atoms with Crippen LogP contribution in [0.5, 0.6) is 0 Å². The molecule has 4 atom stereocenters. The summed E-state index contributed by atoms with van der Waals surface area (Å²) in [4.78, 5) is 0. The van der Waals surface area contributed by atoms with E-state index in [4.69, 9.17) is 0 Å². The van der Waals surface area contributed by atoms with Crippen LogP contribution >= 0.6 is 0 Å². The van der Waals surface area contributed by atoms with Crippen LogP contribution in [0.3, 0.4) is 0 Å². The van der Waals surface area contributed by atoms with Crippen LogP contribution in [0.4, 0.5) is 0 Å². The van der Waals surface area contributed by atoms with Gasteiger partial charge in [0.25, 0.3) is 0 Å². The highest BCUT2D eigenvalue weighted by atomic mass is 14.9. The van der Waals surface area contributed by atoms with Gasteiger partial charge in [-0.15, -0.1) is 0 Å². The van der Waals surface area contributed by atoms with Crippen LogP contribution in [-0.2, 0) is 0 Å². The van der Waals surface area contributed by atoms with Gasteiger partial charge in [0.1, 0.15) is 0 Å². The average Bonchev–Trinajstić information content (AvgIpc) is 2.86. The Morgan fingerprint density at radius 3 is 1.10 bits per heavy atom. The van der Waals surface area contributed by atoms with Gasteiger partial charge in [-0.25, -0.2) is 0 Å². The number of hydrogen-bond acceptors (Lipinski definition) is 2. The fourth-order valence-corrected chi connectivity index (χ4v) is 4.82. The summed E-state index contributed by atoms with van der Waals surface area (Å²) in [5, 5.41) is 7.37. The van der Waals surface area contributed by atoms with Crippen molar-refractivity contribution in [3.05, 3.63) is 94.1 Å². The van der Waals surface area contributed by atoms with Crippen molar-refractivity contribution in [3.63, 3.8) is 0 Å². The number of hydrogen-bond donors (Lipinski definition) is 2. The molecule has 0 heterocycles. The summed E-state index contributed by atoms with van der Waals surface area (Å²) >= 11 is 0. The van der Waals surface area contributed by atoms with Gasteiger partial charge in [0, 0.05) is 12.1 Å². The van der Waals surface area contributed by atoms with Gasteiger partial charge >= 0.3 is 0 Å². The van der Waals surface area contributed by atoms with Crippen LogP contribution in [-0.4, -0.2) is 25.2 Å². The fourth-order valence-electron chi connectivity index (χ4n) is 4.82. The van der Waals surface area contributed by atoms with Gasteiger partial charge in [0.15, 0.2) is 0 Å². The highest BCUT2D eigenvalue weighted by Gasteiger charge is 2.14. The molecule has 0 aliphatic heterocycles. The third kappa shape index (κ3) is 16.2. The van der Waals surface area contributed by atoms with E-state index in [2.05, 4.69) is 154 Å². The normalized spacial score (nSPS) is 14.2. The largest absolute Gasteiger partial charge is 0.310 e. The molecule has 0 aliphatic carbocycles. The molecule has 0 spiro atoms. The molecule has 2 heteroatoms. The lowest BCUT2D eigenvalue weighted by atomic mass is 9.92. The first kappa shape index (κ1) is 35.9. The minimum Gasteiger partial charge on any atom is -0.310 e. The molecular formula is C38H62N2. The van der Waals surface area contributed by atoms with Gasteiger partial charge < -0.3 is 10.6 Å². The van der Waals surface area contributed by atoms with Crippen molar-refractivity contribution in [1.29, 1.82) is 0 Å². The van der Waals surface area contributed by atoms with Gasteiger partial charge in [0.2, 0.25) is 0 Å². The van der Waals surface area contributed by atoms with E-state index in [1.165, 1.54) is 33.4 Å². The number of rotatable bonds is 14. The summed E-state index contributed by atoms with van der Waals surface area (Å²) in [6, 6.07) is 18.9. The molecule has 0 aromatic heterocycles. The fraction of sp³-hybridized carbons (Fsp3) is 0.579. The Hall–Kier alpha value is -2.16. The SMILES string of the molecule is CC(C)=C[C@@H](C[C@H](C)c1ccc(C)cc1)NCC(C)C.CC(C)=C[C@H](C[C@H](C)c1ccc(C)cc1)NCC(C)C. The van der Waals surface area contributed by atoms with Crippen LogP contribution in [0.25, 0.3) is 0 Å². The Balaban J connectivity index is 0.000000400. The van der Waals surface area contributed by atoms with Gasteiger partial charge in [-0.2, -0.15) is 0 Å². The zero-order valence-corrected chi connectivity index (χ0v) is 28.1. The molecule has 2 aromatic rings. The summed E-state index contributed by atoms with van der Waals surface area (Å²) in [6.45, 7) is 28.9. The lowest BCUT2D eigenvalue weighted by Crippen LogP contribution is -2.32. The summed E-state index contributed by atoms with van der Waals surface area (Å²) in [7, 11) is 0. The number of benzene rings is 2. The van der Waals surface area contributed by atoms with Gasteiger partial charge in [-0.05, 0) is 102 Å². The molecule has 2 N–H and O–H groups in total. The molecule has 2 rings (SSSR count). The average molecular weight is 547 g/mol. The maximum absolute atomic E-state index is 3.69. The van der Waals surface area contributed by atoms with E-state index < -0.39 is 0 Å². The van der Waals surface area contributed by atoms with Crippen LogP contribution in [0.1, 0.15) is 116 Å². The van der Waals surface area contributed by atoms with Crippen molar-refractivity contribution in [2.45, 2.75) is 120 Å². The van der Waals surface area contributed by atoms with E-state index in [-0.39, 0.29) is 0 Å². The predicted molar refractivity (Wildman–Crippen MR) is 181 cm³/mol. The molecule has 0 fully saturated rings. The van der Waals surface area contributed by atoms with Gasteiger partial charge in [-0.3, -0.25) is 0 Å². The minimum atomic E-state index is 0.471. The molecule has 2 nitrogen and oxygen atoms in total. The van der Waals surface area contributed by atoms with Crippen LogP contribution in [0.15, 0.2) is 71.8 Å². The van der Waals surface area contributed by atoms with Crippen molar-refractivity contribution in [3.8, 4) is 0 Å². The zero-order chi connectivity index (χ0) is 30.2. The maximum Gasteiger partial charge on any atom is 0.0258 e. The van der Waals surface area contributed by atoms with Crippen LogP contribution in [0.2, 0.25) is 0 Å². The third-order valence-electron chi connectivity index (χ3n) is 7.15. The standard InChI is InChI=1S/2C19H31N/c2*1-14(2)11-19(20-13-15(3)4)12-17(6)18-9-7-16(5)8-10-18/h2*7-11,15,17,19-20H,12-13H2,1-6H3/t17-,19+;17-,19-/m00/s1. The van der Waals surface area contributed by atoms with Crippen molar-refractivity contribution < 1.29 is 0 Å². The topological polar surface area (TPSA) is 24.1 Å². The molecule has 2 aromatic carbocycles. The first-order valence-electron chi connectivity index (χ1n) is 15.7. The molecule has 0 saturated carbocycles. The van der Waals surface area contributed by atoms with E-state index in [9.17, 15) is 0 Å². The van der Waals surface area contributed by atoms with E-state index in [0.717, 1.165) is 25.9 Å². The summed E-state index contributed by atoms with van der Waals surface area (Å²) < 4.78 is 0. The number of allylic oxidation sites excluding steroid dienone is 2. The second-order valence-corrected chi connectivity index (χ2v) is 13.4. The Bertz CT molecular complexity index is 903. The lowest BCUT2D eigenvalue weighted by Gasteiger charge is -2.22. The molecule has 0 bridgehead atoms. The Morgan fingerprint density at radius 2 is 0.850 bits per heavy atom. The summed E-state index contributed by atoms with van der Waals surface area (Å²) in [6.07, 6.45) is 7.04. The Labute approximate surface area is 249 Å². The molecule has 0 saturated heterocycles. The summed E-state index contributed by atoms with van der Waals surface area (Å²) in [5.41, 5.74) is 8.33. The molecular weight excluding hydrogens is 484 g/mol. The smallest absolute Gasteiger partial charge is 0.0258 e. The maximum atomic E-state index is 3.69. The number of nitrogens with one attached hydrogen (secondary N) is 2. The van der Waals surface area contributed by atoms with Gasteiger partial charge in [0.05, 0.1) is 0 Å². The lowest BCUT2D eigenvalue weighted by molar-refractivity contribution is 0.468. The zero-order valence-electron chi connectivity index (χ0n) is 28.1. The van der Waals surface area contributed by atoms with Crippen molar-refractivity contribution >= 4 is 0 Å². The van der Waals surface area contributed by atoms with E-state index in [0.29, 0.717) is 35.8 Å². The Kier molecular flexibility index (Phi) is 17.1. The molecule has 0 unspecified atom stereocenters. The van der Waals surface area contributed by atoms with Crippen LogP contribution < -0.4 is 10.6 Å². The van der Waals surface area contributed by atoms with E-state index in [1.807, 2.05) is 0 Å². The van der Waals surface area contributed by atoms with E-state index in [1.54, 1.807) is 0 Å². The first-order valence-corrected chi connectivity index (χ1v) is 15.7. The first-order chi connectivity index (χ1) is 18.8. The Morgan fingerprint density at radius 1 is 0.550 bits per heavy atom. The molecule has 40 heavy (non-hydrogen) atoms. The molecule has 224 valence electrons. The molecule has 0 aliphatic rings. The molecule has 0 radical (unpaired) electrons. The highest BCUT2D eigenvalue weighted by Crippen LogP contribution is 2.23. The van der Waals surface area contributed by atoms with Crippen molar-refractivity contribution in [2.75, 3.05) is 13.1 Å². The second kappa shape index (κ2) is 19.1. The molecule has 0 amide bonds. The second-order valence-electron chi connectivity index (χ2n) is 13.4. The summed E-state index contributed by atoms with van der Waals surface area (Å²) in [5.74, 6) is 2.54. The van der Waals surface area contributed by atoms with Gasteiger partial charge in [-0.1, -0.05) is 124 Å². The van der Waals surface area contributed by atoms with Crippen molar-refractivity contribution in [1.82, 2.24) is 10.6 Å². The van der Waals surface area contributed by atoms with E-state index >= 15 is 0 Å².